The first-order chi connectivity index (χ1) is 8.79. The molecule has 0 saturated carbocycles. The number of hydrogen-bond acceptors (Lipinski definition) is 3. The second-order valence-corrected chi connectivity index (χ2v) is 3.98. The van der Waals surface area contributed by atoms with Crippen LogP contribution < -0.4 is 10.4 Å². The molecule has 2 rings (SSSR count). The zero-order valence-corrected chi connectivity index (χ0v) is 9.83. The van der Waals surface area contributed by atoms with Gasteiger partial charge in [0.2, 0.25) is 0 Å². The average molecular weight is 292 g/mol. The number of nitrogens with zero attached hydrogens (tertiary/aromatic N) is 1. The summed E-state index contributed by atoms with van der Waals surface area (Å²) in [6.07, 6.45) is -5.19. The molecular weight excluding hydrogens is 287 g/mol. The van der Waals surface area contributed by atoms with Gasteiger partial charge in [0.15, 0.2) is 0 Å². The molecule has 19 heavy (non-hydrogen) atoms. The van der Waals surface area contributed by atoms with Gasteiger partial charge in [-0.25, -0.2) is 4.79 Å². The van der Waals surface area contributed by atoms with E-state index in [2.05, 4.69) is 4.84 Å². The Morgan fingerprint density at radius 1 is 1.21 bits per heavy atom. The predicted octanol–water partition coefficient (Wildman–Crippen LogP) is 2.17. The Labute approximate surface area is 108 Å². The molecule has 0 spiro atoms. The van der Waals surface area contributed by atoms with Crippen LogP contribution in [0, 0.1) is 0 Å². The molecule has 0 radical (unpaired) electrons. The quantitative estimate of drug-likeness (QED) is 0.809. The number of alkyl halides is 3. The van der Waals surface area contributed by atoms with Crippen LogP contribution in [0.2, 0.25) is 5.02 Å². The summed E-state index contributed by atoms with van der Waals surface area (Å²) in [7, 11) is 0. The summed E-state index contributed by atoms with van der Waals surface area (Å²) in [4.78, 5) is 26.3. The molecule has 4 nitrogen and oxygen atoms in total. The monoisotopic (exact) mass is 291 g/mol. The van der Waals surface area contributed by atoms with Crippen LogP contribution in [0.15, 0.2) is 35.1 Å². The van der Waals surface area contributed by atoms with Gasteiger partial charge in [0.05, 0.1) is 5.52 Å². The van der Waals surface area contributed by atoms with Gasteiger partial charge in [0, 0.05) is 16.5 Å². The Morgan fingerprint density at radius 2 is 1.89 bits per heavy atom. The third-order valence-electron chi connectivity index (χ3n) is 2.22. The Balaban J connectivity index is 2.57. The van der Waals surface area contributed by atoms with E-state index in [0.717, 1.165) is 6.07 Å². The fraction of sp³-hybridized carbons (Fsp3) is 0.0909. The van der Waals surface area contributed by atoms with E-state index in [-0.39, 0.29) is 10.2 Å². The number of benzene rings is 1. The number of aromatic nitrogens is 1. The van der Waals surface area contributed by atoms with Crippen molar-refractivity contribution in [2.24, 2.45) is 0 Å². The molecule has 8 heteroatoms. The summed E-state index contributed by atoms with van der Waals surface area (Å²) in [6, 6.07) is 6.40. The van der Waals surface area contributed by atoms with Gasteiger partial charge < -0.3 is 4.84 Å². The second kappa shape index (κ2) is 4.58. The normalized spacial score (nSPS) is 11.6. The molecule has 0 unspecified atom stereocenters. The van der Waals surface area contributed by atoms with Crippen LogP contribution in [-0.2, 0) is 4.79 Å². The highest BCUT2D eigenvalue weighted by Crippen LogP contribution is 2.19. The largest absolute Gasteiger partial charge is 0.493 e. The average Bonchev–Trinajstić information content (AvgIpc) is 2.31. The molecule has 0 fully saturated rings. The maximum absolute atomic E-state index is 12.1. The van der Waals surface area contributed by atoms with Crippen molar-refractivity contribution in [2.75, 3.05) is 0 Å². The van der Waals surface area contributed by atoms with Crippen molar-refractivity contribution in [3.05, 3.63) is 45.7 Å². The fourth-order valence-corrected chi connectivity index (χ4v) is 1.60. The van der Waals surface area contributed by atoms with Crippen molar-refractivity contribution in [3.63, 3.8) is 0 Å². The van der Waals surface area contributed by atoms with Crippen LogP contribution in [-0.4, -0.2) is 16.9 Å². The number of fused-ring (bicyclic) bond motifs is 1. The van der Waals surface area contributed by atoms with E-state index in [9.17, 15) is 22.8 Å². The molecule has 100 valence electrons. The SMILES string of the molecule is O=C(On1c(=O)ccc2cc(Cl)ccc21)C(F)(F)F. The lowest BCUT2D eigenvalue weighted by Gasteiger charge is -2.10. The van der Waals surface area contributed by atoms with E-state index in [1.165, 1.54) is 24.3 Å². The fourth-order valence-electron chi connectivity index (χ4n) is 1.42. The highest BCUT2D eigenvalue weighted by atomic mass is 35.5. The van der Waals surface area contributed by atoms with Crippen LogP contribution in [0.3, 0.4) is 0 Å². The minimum Gasteiger partial charge on any atom is -0.324 e. The molecule has 2 aromatic rings. The van der Waals surface area contributed by atoms with E-state index in [1.807, 2.05) is 0 Å². The summed E-state index contributed by atoms with van der Waals surface area (Å²) in [5.41, 5.74) is -0.887. The van der Waals surface area contributed by atoms with Crippen LogP contribution in [0.25, 0.3) is 10.9 Å². The third kappa shape index (κ3) is 2.70. The number of halogens is 4. The van der Waals surface area contributed by atoms with Gasteiger partial charge in [-0.3, -0.25) is 4.79 Å². The predicted molar refractivity (Wildman–Crippen MR) is 60.9 cm³/mol. The first kappa shape index (κ1) is 13.4. The van der Waals surface area contributed by atoms with Crippen molar-refractivity contribution in [1.29, 1.82) is 0 Å². The highest BCUT2D eigenvalue weighted by Gasteiger charge is 2.42. The van der Waals surface area contributed by atoms with E-state index in [1.54, 1.807) is 0 Å². The maximum Gasteiger partial charge on any atom is 0.493 e. The van der Waals surface area contributed by atoms with E-state index in [4.69, 9.17) is 11.6 Å². The summed E-state index contributed by atoms with van der Waals surface area (Å²) >= 11 is 5.71. The van der Waals surface area contributed by atoms with Crippen molar-refractivity contribution < 1.29 is 22.8 Å². The first-order valence-corrected chi connectivity index (χ1v) is 5.27. The van der Waals surface area contributed by atoms with Crippen LogP contribution in [0.5, 0.6) is 0 Å². The minimum atomic E-state index is -5.19. The molecule has 0 atom stereocenters. The van der Waals surface area contributed by atoms with Gasteiger partial charge in [0.1, 0.15) is 0 Å². The highest BCUT2D eigenvalue weighted by molar-refractivity contribution is 6.31. The topological polar surface area (TPSA) is 48.3 Å². The lowest BCUT2D eigenvalue weighted by atomic mass is 10.2. The van der Waals surface area contributed by atoms with Gasteiger partial charge in [0.25, 0.3) is 5.56 Å². The number of carbonyl (C=O) groups is 1. The van der Waals surface area contributed by atoms with Gasteiger partial charge in [-0.05, 0) is 24.3 Å². The smallest absolute Gasteiger partial charge is 0.324 e. The molecule has 0 aliphatic rings. The zero-order valence-electron chi connectivity index (χ0n) is 9.07. The van der Waals surface area contributed by atoms with Gasteiger partial charge in [-0.15, -0.1) is 4.73 Å². The van der Waals surface area contributed by atoms with Crippen molar-refractivity contribution in [2.45, 2.75) is 6.18 Å². The van der Waals surface area contributed by atoms with Gasteiger partial charge >= 0.3 is 12.1 Å². The van der Waals surface area contributed by atoms with E-state index in [0.29, 0.717) is 10.4 Å². The molecule has 0 aliphatic carbocycles. The minimum absolute atomic E-state index is 0.00880. The lowest BCUT2D eigenvalue weighted by Crippen LogP contribution is -2.38. The van der Waals surface area contributed by atoms with Gasteiger partial charge in [-0.1, -0.05) is 11.6 Å². The number of rotatable bonds is 1. The summed E-state index contributed by atoms with van der Waals surface area (Å²) in [6.45, 7) is 0. The standard InChI is InChI=1S/C11H5ClF3NO3/c12-7-2-3-8-6(5-7)1-4-9(17)16(8)19-10(18)11(13,14)15/h1-5H. The summed E-state index contributed by atoms with van der Waals surface area (Å²) < 4.78 is 36.6. The molecule has 0 N–H and O–H groups in total. The first-order valence-electron chi connectivity index (χ1n) is 4.90. The molecule has 0 saturated heterocycles. The lowest BCUT2D eigenvalue weighted by molar-refractivity contribution is -0.199. The van der Waals surface area contributed by atoms with E-state index >= 15 is 0 Å². The summed E-state index contributed by atoms with van der Waals surface area (Å²) in [5, 5.41) is 0.696. The third-order valence-corrected chi connectivity index (χ3v) is 2.45. The molecule has 1 heterocycles. The Hall–Kier alpha value is -2.02. The molecule has 1 aromatic heterocycles. The van der Waals surface area contributed by atoms with Crippen molar-refractivity contribution >= 4 is 28.5 Å². The number of hydrogen-bond donors (Lipinski definition) is 0. The second-order valence-electron chi connectivity index (χ2n) is 3.55. The van der Waals surface area contributed by atoms with E-state index < -0.39 is 17.7 Å². The number of pyridine rings is 1. The van der Waals surface area contributed by atoms with Crippen LogP contribution in [0.4, 0.5) is 13.2 Å². The molecule has 1 aromatic carbocycles. The Kier molecular flexibility index (Phi) is 3.23. The summed E-state index contributed by atoms with van der Waals surface area (Å²) in [5.74, 6) is -2.47. The molecule has 0 bridgehead atoms. The Morgan fingerprint density at radius 3 is 2.53 bits per heavy atom. The Bertz CT molecular complexity index is 708. The maximum atomic E-state index is 12.1. The van der Waals surface area contributed by atoms with Crippen LogP contribution >= 0.6 is 11.6 Å². The van der Waals surface area contributed by atoms with Crippen molar-refractivity contribution in [3.8, 4) is 0 Å². The number of carbonyl (C=O) groups excluding carboxylic acids is 1. The van der Waals surface area contributed by atoms with Crippen LogP contribution in [0.1, 0.15) is 0 Å². The van der Waals surface area contributed by atoms with Crippen molar-refractivity contribution in [1.82, 2.24) is 4.73 Å². The molecule has 0 aliphatic heterocycles. The zero-order chi connectivity index (χ0) is 14.2. The molecular formula is C11H5ClF3NO3. The molecule has 0 amide bonds. The van der Waals surface area contributed by atoms with Gasteiger partial charge in [-0.2, -0.15) is 13.2 Å².